The molecular weight excluding hydrogens is 863 g/mol. The fourth-order valence-electron chi connectivity index (χ4n) is 9.46. The Balaban J connectivity index is 2.21. The highest BCUT2D eigenvalue weighted by Crippen LogP contribution is 2.23. The third kappa shape index (κ3) is 39.6. The molecule has 1 amide bonds. The molecule has 1 saturated heterocycles. The zero-order valence-electron chi connectivity index (χ0n) is 45.1. The summed E-state index contributed by atoms with van der Waals surface area (Å²) in [5, 5.41) is 54.5. The van der Waals surface area contributed by atoms with Gasteiger partial charge < -0.3 is 40.3 Å². The predicted molar refractivity (Wildman–Crippen MR) is 290 cm³/mol. The number of nitrogens with one attached hydrogen (secondary N) is 1. The summed E-state index contributed by atoms with van der Waals surface area (Å²) in [5.41, 5.74) is 0. The van der Waals surface area contributed by atoms with Crippen LogP contribution in [-0.4, -0.2) is 87.5 Å². The number of aliphatic hydroxyl groups excluding tert-OH is 5. The molecule has 9 nitrogen and oxygen atoms in total. The van der Waals surface area contributed by atoms with Crippen LogP contribution in [0.15, 0.2) is 36.5 Å². The van der Waals surface area contributed by atoms with Gasteiger partial charge in [0.15, 0.2) is 6.29 Å². The highest BCUT2D eigenvalue weighted by atomic mass is 16.7. The molecule has 1 rings (SSSR count). The lowest BCUT2D eigenvalue weighted by atomic mass is 9.99. The van der Waals surface area contributed by atoms with Crippen molar-refractivity contribution in [3.63, 3.8) is 0 Å². The second-order valence-electron chi connectivity index (χ2n) is 20.8. The van der Waals surface area contributed by atoms with Gasteiger partial charge in [-0.05, 0) is 57.8 Å². The first kappa shape index (κ1) is 65.4. The van der Waals surface area contributed by atoms with Crippen molar-refractivity contribution < 1.29 is 39.8 Å². The Bertz CT molecular complexity index is 1180. The van der Waals surface area contributed by atoms with Crippen molar-refractivity contribution in [1.29, 1.82) is 0 Å². The molecule has 0 saturated carbocycles. The van der Waals surface area contributed by atoms with Gasteiger partial charge in [-0.3, -0.25) is 4.79 Å². The average Bonchev–Trinajstić information content (AvgIpc) is 3.35. The molecule has 0 aliphatic carbocycles. The molecule has 1 aliphatic rings. The first-order chi connectivity index (χ1) is 33.8. The van der Waals surface area contributed by atoms with Crippen LogP contribution in [0.25, 0.3) is 0 Å². The largest absolute Gasteiger partial charge is 0.394 e. The van der Waals surface area contributed by atoms with E-state index in [9.17, 15) is 30.3 Å². The minimum absolute atomic E-state index is 0.189. The Labute approximate surface area is 425 Å². The number of hydrogen-bond acceptors (Lipinski definition) is 8. The maximum atomic E-state index is 13.0. The zero-order valence-corrected chi connectivity index (χ0v) is 45.1. The van der Waals surface area contributed by atoms with Crippen molar-refractivity contribution in [3.05, 3.63) is 36.5 Å². The van der Waals surface area contributed by atoms with Crippen LogP contribution < -0.4 is 5.32 Å². The van der Waals surface area contributed by atoms with Crippen molar-refractivity contribution in [2.24, 2.45) is 0 Å². The van der Waals surface area contributed by atoms with E-state index in [4.69, 9.17) is 9.47 Å². The maximum Gasteiger partial charge on any atom is 0.220 e. The summed E-state index contributed by atoms with van der Waals surface area (Å²) in [7, 11) is 0. The van der Waals surface area contributed by atoms with Crippen LogP contribution in [0.2, 0.25) is 0 Å². The van der Waals surface area contributed by atoms with E-state index in [1.54, 1.807) is 6.08 Å². The monoisotopic (exact) mass is 976 g/mol. The molecule has 1 heterocycles. The van der Waals surface area contributed by atoms with Crippen LogP contribution in [0.1, 0.15) is 284 Å². The summed E-state index contributed by atoms with van der Waals surface area (Å²) in [5.74, 6) is -0.189. The molecule has 0 spiro atoms. The number of carbonyl (C=O) groups is 1. The Kier molecular flexibility index (Phi) is 47.4. The summed E-state index contributed by atoms with van der Waals surface area (Å²) in [6.07, 6.45) is 58.0. The first-order valence-electron chi connectivity index (χ1n) is 29.7. The lowest BCUT2D eigenvalue weighted by Crippen LogP contribution is -2.60. The molecule has 9 heteroatoms. The Morgan fingerprint density at radius 1 is 0.478 bits per heavy atom. The number of aliphatic hydroxyl groups is 5. The summed E-state index contributed by atoms with van der Waals surface area (Å²) < 4.78 is 11.3. The second-order valence-corrected chi connectivity index (χ2v) is 20.8. The van der Waals surface area contributed by atoms with Crippen molar-refractivity contribution in [3.8, 4) is 0 Å². The third-order valence-corrected chi connectivity index (χ3v) is 14.2. The number of allylic oxidation sites excluding steroid dienone is 5. The number of amides is 1. The molecule has 6 N–H and O–H groups in total. The van der Waals surface area contributed by atoms with Crippen molar-refractivity contribution in [2.45, 2.75) is 326 Å². The smallest absolute Gasteiger partial charge is 0.220 e. The molecule has 7 unspecified atom stereocenters. The van der Waals surface area contributed by atoms with Crippen molar-refractivity contribution >= 4 is 5.91 Å². The van der Waals surface area contributed by atoms with E-state index in [1.807, 2.05) is 6.08 Å². The minimum atomic E-state index is -1.57. The topological polar surface area (TPSA) is 149 Å². The molecule has 0 aromatic rings. The fourth-order valence-corrected chi connectivity index (χ4v) is 9.46. The van der Waals surface area contributed by atoms with Gasteiger partial charge >= 0.3 is 0 Å². The highest BCUT2D eigenvalue weighted by molar-refractivity contribution is 5.76. The Morgan fingerprint density at radius 3 is 1.22 bits per heavy atom. The molecular formula is C60H113NO8. The minimum Gasteiger partial charge on any atom is -0.394 e. The standard InChI is InChI=1S/C60H113NO8/c1-3-5-7-9-11-13-15-17-19-21-22-23-24-25-26-27-28-29-30-31-32-34-35-37-39-41-43-45-47-49-54(63)53(52-68-60-59(67)58(66)57(65)55(51-62)69-60)61-56(64)50-48-46-44-42-40-38-36-33-20-18-16-14-12-10-8-6-4-2/h18,20,39,41,47,49,53-55,57-60,62-63,65-67H,3-17,19,21-38,40,42-46,48,50-52H2,1-2H3,(H,61,64)/b20-18-,41-39+,49-47+. The van der Waals surface area contributed by atoms with Crippen molar-refractivity contribution in [2.75, 3.05) is 13.2 Å². The van der Waals surface area contributed by atoms with Gasteiger partial charge in [0.2, 0.25) is 5.91 Å². The lowest BCUT2D eigenvalue weighted by molar-refractivity contribution is -0.302. The number of unbranched alkanes of at least 4 members (excludes halogenated alkanes) is 37. The van der Waals surface area contributed by atoms with Crippen LogP contribution in [0, 0.1) is 0 Å². The van der Waals surface area contributed by atoms with E-state index in [0.717, 1.165) is 51.4 Å². The highest BCUT2D eigenvalue weighted by Gasteiger charge is 2.44. The molecule has 0 aromatic carbocycles. The van der Waals surface area contributed by atoms with Crippen LogP contribution in [0.4, 0.5) is 0 Å². The zero-order chi connectivity index (χ0) is 50.1. The molecule has 0 bridgehead atoms. The van der Waals surface area contributed by atoms with E-state index in [2.05, 4.69) is 43.5 Å². The summed E-state index contributed by atoms with van der Waals surface area (Å²) in [6, 6.07) is -0.824. The third-order valence-electron chi connectivity index (χ3n) is 14.2. The van der Waals surface area contributed by atoms with E-state index in [0.29, 0.717) is 6.42 Å². The van der Waals surface area contributed by atoms with E-state index >= 15 is 0 Å². The van der Waals surface area contributed by atoms with Crippen LogP contribution in [0.5, 0.6) is 0 Å². The van der Waals surface area contributed by atoms with Crippen LogP contribution in [0.3, 0.4) is 0 Å². The Hall–Kier alpha value is -1.59. The molecule has 0 radical (unpaired) electrons. The molecule has 0 aromatic heterocycles. The van der Waals surface area contributed by atoms with Gasteiger partial charge in [0.25, 0.3) is 0 Å². The van der Waals surface area contributed by atoms with E-state index < -0.39 is 49.5 Å². The summed E-state index contributed by atoms with van der Waals surface area (Å²) >= 11 is 0. The fraction of sp³-hybridized carbons (Fsp3) is 0.883. The number of hydrogen-bond donors (Lipinski definition) is 6. The molecule has 1 aliphatic heterocycles. The van der Waals surface area contributed by atoms with Gasteiger partial charge in [-0.15, -0.1) is 0 Å². The molecule has 7 atom stereocenters. The van der Waals surface area contributed by atoms with E-state index in [-0.39, 0.29) is 12.5 Å². The SMILES string of the molecule is CCCCCCCC/C=C\CCCCCCCCCC(=O)NC(COC1OC(CO)C(O)C(O)C1O)C(O)/C=C/CC/C=C/CCCCCCCCCCCCCCCCCCCCCCCCC. The van der Waals surface area contributed by atoms with Gasteiger partial charge in [0.05, 0.1) is 25.4 Å². The second kappa shape index (κ2) is 50.0. The normalized spacial score (nSPS) is 19.7. The van der Waals surface area contributed by atoms with Gasteiger partial charge in [-0.25, -0.2) is 0 Å². The van der Waals surface area contributed by atoms with Crippen LogP contribution >= 0.6 is 0 Å². The summed E-state index contributed by atoms with van der Waals surface area (Å²) in [4.78, 5) is 13.0. The molecule has 69 heavy (non-hydrogen) atoms. The number of ether oxygens (including phenoxy) is 2. The first-order valence-corrected chi connectivity index (χ1v) is 29.7. The van der Waals surface area contributed by atoms with Gasteiger partial charge in [-0.2, -0.15) is 0 Å². The number of rotatable bonds is 51. The van der Waals surface area contributed by atoms with Gasteiger partial charge in [0, 0.05) is 6.42 Å². The van der Waals surface area contributed by atoms with Gasteiger partial charge in [-0.1, -0.05) is 256 Å². The molecule has 1 fully saturated rings. The van der Waals surface area contributed by atoms with E-state index in [1.165, 1.54) is 212 Å². The van der Waals surface area contributed by atoms with Gasteiger partial charge in [0.1, 0.15) is 24.4 Å². The summed E-state index contributed by atoms with van der Waals surface area (Å²) in [6.45, 7) is 3.78. The Morgan fingerprint density at radius 2 is 0.826 bits per heavy atom. The maximum absolute atomic E-state index is 13.0. The lowest BCUT2D eigenvalue weighted by Gasteiger charge is -2.40. The quantitative estimate of drug-likeness (QED) is 0.0261. The molecule has 406 valence electrons. The van der Waals surface area contributed by atoms with Crippen LogP contribution in [-0.2, 0) is 14.3 Å². The van der Waals surface area contributed by atoms with Crippen molar-refractivity contribution in [1.82, 2.24) is 5.32 Å². The average molecular weight is 977 g/mol. The predicted octanol–water partition coefficient (Wildman–Crippen LogP) is 14.7. The number of carbonyl (C=O) groups excluding carboxylic acids is 1.